The second kappa shape index (κ2) is 8.38. The monoisotopic (exact) mass is 361 g/mol. The highest BCUT2D eigenvalue weighted by atomic mass is 79.9. The first-order chi connectivity index (χ1) is 9.39. The van der Waals surface area contributed by atoms with Crippen molar-refractivity contribution >= 4 is 27.5 Å². The molecule has 0 radical (unpaired) electrons. The molecule has 114 valence electrons. The lowest BCUT2D eigenvalue weighted by Gasteiger charge is -2.27. The predicted octanol–water partition coefficient (Wildman–Crippen LogP) is 5.35. The SMILES string of the molecule is CCCNC(CCC(C)(C)OC)c1ccc(Br)c(Cl)c1. The van der Waals surface area contributed by atoms with E-state index in [1.165, 1.54) is 5.56 Å². The van der Waals surface area contributed by atoms with Crippen molar-refractivity contribution < 1.29 is 4.74 Å². The number of methoxy groups -OCH3 is 1. The van der Waals surface area contributed by atoms with Crippen LogP contribution in [0.5, 0.6) is 0 Å². The summed E-state index contributed by atoms with van der Waals surface area (Å²) in [6, 6.07) is 6.50. The summed E-state index contributed by atoms with van der Waals surface area (Å²) in [5.74, 6) is 0. The maximum absolute atomic E-state index is 6.21. The molecular weight excluding hydrogens is 338 g/mol. The van der Waals surface area contributed by atoms with E-state index in [0.29, 0.717) is 6.04 Å². The van der Waals surface area contributed by atoms with Gasteiger partial charge < -0.3 is 10.1 Å². The zero-order chi connectivity index (χ0) is 15.2. The van der Waals surface area contributed by atoms with Crippen LogP contribution in [0, 0.1) is 0 Å². The molecule has 0 aliphatic rings. The van der Waals surface area contributed by atoms with Gasteiger partial charge in [-0.15, -0.1) is 0 Å². The fraction of sp³-hybridized carbons (Fsp3) is 0.625. The maximum atomic E-state index is 6.21. The van der Waals surface area contributed by atoms with E-state index in [4.69, 9.17) is 16.3 Å². The molecule has 1 aromatic rings. The number of benzene rings is 1. The van der Waals surface area contributed by atoms with Gasteiger partial charge in [-0.3, -0.25) is 0 Å². The molecule has 0 aromatic heterocycles. The Labute approximate surface area is 136 Å². The first kappa shape index (κ1) is 18.0. The maximum Gasteiger partial charge on any atom is 0.0623 e. The predicted molar refractivity (Wildman–Crippen MR) is 90.5 cm³/mol. The van der Waals surface area contributed by atoms with E-state index in [-0.39, 0.29) is 5.60 Å². The minimum Gasteiger partial charge on any atom is -0.379 e. The average Bonchev–Trinajstić information content (AvgIpc) is 2.42. The summed E-state index contributed by atoms with van der Waals surface area (Å²) in [5.41, 5.74) is 1.14. The molecule has 0 bridgehead atoms. The third kappa shape index (κ3) is 5.72. The first-order valence-corrected chi connectivity index (χ1v) is 8.30. The van der Waals surface area contributed by atoms with E-state index in [1.54, 1.807) is 7.11 Å². The average molecular weight is 363 g/mol. The molecule has 0 saturated heterocycles. The Hall–Kier alpha value is -0.0900. The Bertz CT molecular complexity index is 423. The van der Waals surface area contributed by atoms with Crippen molar-refractivity contribution in [2.24, 2.45) is 0 Å². The van der Waals surface area contributed by atoms with Crippen LogP contribution < -0.4 is 5.32 Å². The summed E-state index contributed by atoms with van der Waals surface area (Å²) in [4.78, 5) is 0. The van der Waals surface area contributed by atoms with Crippen LogP contribution in [0.25, 0.3) is 0 Å². The van der Waals surface area contributed by atoms with E-state index in [1.807, 2.05) is 12.1 Å². The topological polar surface area (TPSA) is 21.3 Å². The first-order valence-electron chi connectivity index (χ1n) is 7.13. The summed E-state index contributed by atoms with van der Waals surface area (Å²) >= 11 is 9.65. The van der Waals surface area contributed by atoms with Crippen molar-refractivity contribution in [3.05, 3.63) is 33.3 Å². The minimum atomic E-state index is -0.0920. The van der Waals surface area contributed by atoms with E-state index in [0.717, 1.165) is 35.3 Å². The zero-order valence-corrected chi connectivity index (χ0v) is 15.1. The molecule has 1 aromatic carbocycles. The summed E-state index contributed by atoms with van der Waals surface area (Å²) in [7, 11) is 1.77. The molecular formula is C16H25BrClNO. The van der Waals surface area contributed by atoms with Crippen molar-refractivity contribution in [3.63, 3.8) is 0 Å². The highest BCUT2D eigenvalue weighted by Gasteiger charge is 2.20. The van der Waals surface area contributed by atoms with Crippen LogP contribution in [-0.2, 0) is 4.74 Å². The highest BCUT2D eigenvalue weighted by molar-refractivity contribution is 9.10. The van der Waals surface area contributed by atoms with Gasteiger partial charge in [0, 0.05) is 17.6 Å². The Morgan fingerprint density at radius 2 is 2.10 bits per heavy atom. The van der Waals surface area contributed by atoms with Gasteiger partial charge in [0.2, 0.25) is 0 Å². The van der Waals surface area contributed by atoms with Gasteiger partial charge in [-0.05, 0) is 73.3 Å². The Morgan fingerprint density at radius 1 is 1.40 bits per heavy atom. The molecule has 1 N–H and O–H groups in total. The lowest BCUT2D eigenvalue weighted by molar-refractivity contribution is 0.0117. The highest BCUT2D eigenvalue weighted by Crippen LogP contribution is 2.29. The molecule has 1 rings (SSSR count). The van der Waals surface area contributed by atoms with E-state index in [2.05, 4.69) is 48.1 Å². The van der Waals surface area contributed by atoms with Crippen molar-refractivity contribution in [2.75, 3.05) is 13.7 Å². The Balaban J connectivity index is 2.79. The molecule has 0 heterocycles. The fourth-order valence-electron chi connectivity index (χ4n) is 2.03. The van der Waals surface area contributed by atoms with Crippen molar-refractivity contribution in [3.8, 4) is 0 Å². The van der Waals surface area contributed by atoms with Crippen LogP contribution >= 0.6 is 27.5 Å². The van der Waals surface area contributed by atoms with Crippen LogP contribution in [0.3, 0.4) is 0 Å². The molecule has 0 aliphatic heterocycles. The molecule has 20 heavy (non-hydrogen) atoms. The number of hydrogen-bond donors (Lipinski definition) is 1. The van der Waals surface area contributed by atoms with Gasteiger partial charge in [0.05, 0.1) is 10.6 Å². The van der Waals surface area contributed by atoms with Crippen LogP contribution in [-0.4, -0.2) is 19.3 Å². The van der Waals surface area contributed by atoms with Crippen LogP contribution in [0.15, 0.2) is 22.7 Å². The molecule has 4 heteroatoms. The van der Waals surface area contributed by atoms with Gasteiger partial charge in [0.15, 0.2) is 0 Å². The molecule has 1 atom stereocenters. The number of nitrogens with one attached hydrogen (secondary N) is 1. The molecule has 1 unspecified atom stereocenters. The smallest absolute Gasteiger partial charge is 0.0623 e. The van der Waals surface area contributed by atoms with Gasteiger partial charge in [-0.25, -0.2) is 0 Å². The normalized spacial score (nSPS) is 13.5. The summed E-state index contributed by atoms with van der Waals surface area (Å²) in [5, 5.41) is 4.36. The van der Waals surface area contributed by atoms with E-state index < -0.39 is 0 Å². The number of rotatable bonds is 8. The lowest BCUT2D eigenvalue weighted by atomic mass is 9.95. The standard InChI is InChI=1S/C16H25BrClNO/c1-5-10-19-15(8-9-16(2,3)20-4)12-6-7-13(17)14(18)11-12/h6-7,11,15,19H,5,8-10H2,1-4H3. The van der Waals surface area contributed by atoms with Gasteiger partial charge in [0.25, 0.3) is 0 Å². The quantitative estimate of drug-likeness (QED) is 0.673. The van der Waals surface area contributed by atoms with Gasteiger partial charge in [-0.2, -0.15) is 0 Å². The lowest BCUT2D eigenvalue weighted by Crippen LogP contribution is -2.27. The fourth-order valence-corrected chi connectivity index (χ4v) is 2.46. The summed E-state index contributed by atoms with van der Waals surface area (Å²) < 4.78 is 6.45. The summed E-state index contributed by atoms with van der Waals surface area (Å²) in [6.07, 6.45) is 3.14. The van der Waals surface area contributed by atoms with Gasteiger partial charge in [-0.1, -0.05) is 24.6 Å². The van der Waals surface area contributed by atoms with Crippen LogP contribution in [0.1, 0.15) is 51.6 Å². The molecule has 0 aliphatic carbocycles. The Kier molecular flexibility index (Phi) is 7.52. The molecule has 0 amide bonds. The molecule has 0 saturated carbocycles. The third-order valence-corrected chi connectivity index (χ3v) is 4.81. The second-order valence-electron chi connectivity index (χ2n) is 5.68. The van der Waals surface area contributed by atoms with Crippen molar-refractivity contribution in [1.29, 1.82) is 0 Å². The largest absolute Gasteiger partial charge is 0.379 e. The Morgan fingerprint density at radius 3 is 2.65 bits per heavy atom. The second-order valence-corrected chi connectivity index (χ2v) is 6.94. The number of ether oxygens (including phenoxy) is 1. The summed E-state index contributed by atoms with van der Waals surface area (Å²) in [6.45, 7) is 7.43. The van der Waals surface area contributed by atoms with Crippen LogP contribution in [0.4, 0.5) is 0 Å². The van der Waals surface area contributed by atoms with Crippen molar-refractivity contribution in [1.82, 2.24) is 5.32 Å². The molecule has 2 nitrogen and oxygen atoms in total. The van der Waals surface area contributed by atoms with E-state index >= 15 is 0 Å². The van der Waals surface area contributed by atoms with Crippen LogP contribution in [0.2, 0.25) is 5.02 Å². The molecule has 0 fully saturated rings. The number of hydrogen-bond acceptors (Lipinski definition) is 2. The van der Waals surface area contributed by atoms with Crippen molar-refractivity contribution in [2.45, 2.75) is 51.7 Å². The minimum absolute atomic E-state index is 0.0920. The number of halogens is 2. The third-order valence-electron chi connectivity index (χ3n) is 3.57. The molecule has 0 spiro atoms. The zero-order valence-electron chi connectivity index (χ0n) is 12.8. The van der Waals surface area contributed by atoms with Gasteiger partial charge in [0.1, 0.15) is 0 Å². The van der Waals surface area contributed by atoms with E-state index in [9.17, 15) is 0 Å². The van der Waals surface area contributed by atoms with Gasteiger partial charge >= 0.3 is 0 Å².